The summed E-state index contributed by atoms with van der Waals surface area (Å²) in [7, 11) is 0. The summed E-state index contributed by atoms with van der Waals surface area (Å²) >= 11 is 0. The van der Waals surface area contributed by atoms with Crippen LogP contribution in [-0.4, -0.2) is 9.13 Å². The first kappa shape index (κ1) is 40.0. The normalized spacial score (nSPS) is 12.4. The van der Waals surface area contributed by atoms with Crippen LogP contribution in [0.5, 0.6) is 0 Å². The van der Waals surface area contributed by atoms with Gasteiger partial charge in [0.15, 0.2) is 0 Å². The smallest absolute Gasteiger partial charge is 0.0546 e. The molecule has 0 atom stereocenters. The van der Waals surface area contributed by atoms with Crippen molar-refractivity contribution in [3.8, 4) is 33.6 Å². The molecule has 1 aliphatic carbocycles. The van der Waals surface area contributed by atoms with Crippen molar-refractivity contribution >= 4 is 60.0 Å². The van der Waals surface area contributed by atoms with Gasteiger partial charge in [-0.2, -0.15) is 0 Å². The highest BCUT2D eigenvalue weighted by molar-refractivity contribution is 6.14. The Bertz CT molecular complexity index is 3380. The van der Waals surface area contributed by atoms with E-state index in [1.165, 1.54) is 105 Å². The Morgan fingerprint density at radius 2 is 1.10 bits per heavy atom. The number of allylic oxidation sites excluding steroid dienone is 5. The van der Waals surface area contributed by atoms with Crippen LogP contribution in [0.4, 0.5) is 0 Å². The van der Waals surface area contributed by atoms with E-state index in [0.29, 0.717) is 0 Å². The monoisotopic (exact) mass is 800 g/mol. The summed E-state index contributed by atoms with van der Waals surface area (Å²) in [5.41, 5.74) is 17.4. The maximum absolute atomic E-state index is 3.82. The lowest BCUT2D eigenvalue weighted by atomic mass is 10.0. The highest BCUT2D eigenvalue weighted by Gasteiger charge is 2.27. The minimum absolute atomic E-state index is 0.899. The van der Waals surface area contributed by atoms with E-state index < -0.39 is 0 Å². The summed E-state index contributed by atoms with van der Waals surface area (Å²) in [6.45, 7) is 15.7. The number of fused-ring (bicyclic) bond motifs is 10. The molecule has 1 aliphatic rings. The van der Waals surface area contributed by atoms with Crippen LogP contribution < -0.4 is 0 Å². The Kier molecular flexibility index (Phi) is 11.2. The van der Waals surface area contributed by atoms with Gasteiger partial charge < -0.3 is 9.13 Å². The zero-order valence-electron chi connectivity index (χ0n) is 36.2. The lowest BCUT2D eigenvalue weighted by molar-refractivity contribution is 1.17. The van der Waals surface area contributed by atoms with Crippen LogP contribution in [0, 0.1) is 0 Å². The second-order valence-corrected chi connectivity index (χ2v) is 15.6. The van der Waals surface area contributed by atoms with Gasteiger partial charge in [0.05, 0.1) is 27.8 Å². The first-order valence-corrected chi connectivity index (χ1v) is 22.0. The molecular formula is C60H52N2. The molecule has 2 heteroatoms. The van der Waals surface area contributed by atoms with E-state index in [0.717, 1.165) is 18.4 Å². The molecule has 0 aliphatic heterocycles. The van der Waals surface area contributed by atoms with Crippen LogP contribution >= 0.6 is 0 Å². The zero-order valence-corrected chi connectivity index (χ0v) is 36.2. The molecule has 0 saturated carbocycles. The van der Waals surface area contributed by atoms with Gasteiger partial charge in [-0.15, -0.1) is 6.58 Å². The minimum atomic E-state index is 0.899. The molecule has 2 nitrogen and oxygen atoms in total. The van der Waals surface area contributed by atoms with Crippen molar-refractivity contribution in [2.24, 2.45) is 0 Å². The fourth-order valence-corrected chi connectivity index (χ4v) is 9.32. The third kappa shape index (κ3) is 6.88. The maximum atomic E-state index is 3.82. The summed E-state index contributed by atoms with van der Waals surface area (Å²) in [5, 5.41) is 7.55. The number of rotatable bonds is 7. The molecule has 11 rings (SSSR count). The lowest BCUT2D eigenvalue weighted by Gasteiger charge is -2.14. The summed E-state index contributed by atoms with van der Waals surface area (Å²) in [5.74, 6) is 0. The van der Waals surface area contributed by atoms with Crippen molar-refractivity contribution in [1.29, 1.82) is 0 Å². The highest BCUT2D eigenvalue weighted by atomic mass is 15.0. The molecule has 0 amide bonds. The molecule has 0 N–H and O–H groups in total. The van der Waals surface area contributed by atoms with Gasteiger partial charge in [-0.05, 0) is 119 Å². The molecule has 0 spiro atoms. The second kappa shape index (κ2) is 17.3. The fraction of sp³-hybridized carbons (Fsp3) is 0.100. The molecule has 0 bridgehead atoms. The highest BCUT2D eigenvalue weighted by Crippen LogP contribution is 2.48. The van der Waals surface area contributed by atoms with Gasteiger partial charge in [-0.25, -0.2) is 0 Å². The van der Waals surface area contributed by atoms with Crippen molar-refractivity contribution < 1.29 is 0 Å². The zero-order chi connectivity index (χ0) is 42.7. The number of hydrogen-bond acceptors (Lipinski definition) is 0. The first-order valence-electron chi connectivity index (χ1n) is 22.0. The summed E-state index contributed by atoms with van der Waals surface area (Å²) in [4.78, 5) is 0. The van der Waals surface area contributed by atoms with E-state index in [1.807, 2.05) is 26.0 Å². The van der Waals surface area contributed by atoms with E-state index in [2.05, 4.69) is 218 Å². The topological polar surface area (TPSA) is 9.86 Å². The van der Waals surface area contributed by atoms with Crippen molar-refractivity contribution in [3.05, 3.63) is 224 Å². The quantitative estimate of drug-likeness (QED) is 0.112. The Labute approximate surface area is 365 Å². The van der Waals surface area contributed by atoms with Gasteiger partial charge in [-0.3, -0.25) is 0 Å². The van der Waals surface area contributed by atoms with Crippen molar-refractivity contribution in [1.82, 2.24) is 9.13 Å². The van der Waals surface area contributed by atoms with Crippen molar-refractivity contribution in [2.75, 3.05) is 0 Å². The van der Waals surface area contributed by atoms with E-state index in [-0.39, 0.29) is 0 Å². The molecule has 0 radical (unpaired) electrons. The molecule has 302 valence electrons. The van der Waals surface area contributed by atoms with Crippen LogP contribution in [0.1, 0.15) is 51.7 Å². The average molecular weight is 801 g/mol. The third-order valence-electron chi connectivity index (χ3n) is 12.0. The van der Waals surface area contributed by atoms with Crippen LogP contribution in [0.2, 0.25) is 0 Å². The van der Waals surface area contributed by atoms with Gasteiger partial charge in [-0.1, -0.05) is 172 Å². The molecular weight excluding hydrogens is 749 g/mol. The fourth-order valence-electron chi connectivity index (χ4n) is 9.32. The number of para-hydroxylation sites is 2. The molecule has 2 heterocycles. The van der Waals surface area contributed by atoms with Crippen LogP contribution in [-0.2, 0) is 0 Å². The predicted octanol–water partition coefficient (Wildman–Crippen LogP) is 17.2. The average Bonchev–Trinajstić information content (AvgIpc) is 3.97. The Morgan fingerprint density at radius 3 is 1.76 bits per heavy atom. The molecule has 0 saturated heterocycles. The minimum Gasteiger partial charge on any atom is -0.309 e. The largest absolute Gasteiger partial charge is 0.309 e. The van der Waals surface area contributed by atoms with Crippen LogP contribution in [0.3, 0.4) is 0 Å². The predicted molar refractivity (Wildman–Crippen MR) is 271 cm³/mol. The second-order valence-electron chi connectivity index (χ2n) is 15.6. The Hall–Kier alpha value is -7.42. The van der Waals surface area contributed by atoms with Crippen molar-refractivity contribution in [2.45, 2.75) is 40.5 Å². The number of nitrogens with zero attached hydrogens (tertiary/aromatic N) is 2. The lowest BCUT2D eigenvalue weighted by Crippen LogP contribution is -1.99. The molecule has 10 aromatic rings. The van der Waals surface area contributed by atoms with Gasteiger partial charge in [0.1, 0.15) is 0 Å². The van der Waals surface area contributed by atoms with Crippen molar-refractivity contribution in [3.63, 3.8) is 0 Å². The van der Waals surface area contributed by atoms with E-state index in [4.69, 9.17) is 0 Å². The van der Waals surface area contributed by atoms with Gasteiger partial charge in [0.25, 0.3) is 0 Å². The maximum Gasteiger partial charge on any atom is 0.0546 e. The van der Waals surface area contributed by atoms with Gasteiger partial charge >= 0.3 is 0 Å². The summed E-state index contributed by atoms with van der Waals surface area (Å²) in [6, 6.07) is 62.6. The van der Waals surface area contributed by atoms with Gasteiger partial charge in [0, 0.05) is 32.8 Å². The Morgan fingerprint density at radius 1 is 0.532 bits per heavy atom. The Balaban J connectivity index is 0.000000400. The molecule has 8 aromatic carbocycles. The molecule has 0 fully saturated rings. The molecule has 2 aromatic heterocycles. The molecule has 0 unspecified atom stereocenters. The van der Waals surface area contributed by atoms with Crippen LogP contribution in [0.15, 0.2) is 213 Å². The number of hydrogen-bond donors (Lipinski definition) is 0. The number of aromatic nitrogens is 2. The standard InChI is InChI=1S/C49H32N2.C9H14.C2H6/c1-2-36-37-14-5-6-15-38(37)41-18-11-21-48(49(36)41)51-45-20-10-8-17-40(45)43-30-34(24-27-47(43)51)33-23-26-46-42(29-33)39-16-7-9-19-44(39)50(46)35-25-22-31-12-3-4-13-32(31)28-35;1-4-6-8-9(3)7-5-2;1-2/h2-30H,1H3;5-6,8H,2-4,7H2,1H3;1-2H3/b36-2-;8-6-;. The SMILES string of the molecule is C/C=C1/c2ccccc2-c2cccc(-n3c4ccccc4c4cc(-c5ccc6c(c5)c5ccccc5n6-c5ccc6ccccc6c5)ccc43)c21.C=CCC(=C)/C=C\CC.CC. The van der Waals surface area contributed by atoms with E-state index in [9.17, 15) is 0 Å². The number of benzene rings is 8. The summed E-state index contributed by atoms with van der Waals surface area (Å²) in [6.07, 6.45) is 10.3. The van der Waals surface area contributed by atoms with Gasteiger partial charge in [0.2, 0.25) is 0 Å². The first-order chi connectivity index (χ1) is 30.6. The summed E-state index contributed by atoms with van der Waals surface area (Å²) < 4.78 is 4.89. The van der Waals surface area contributed by atoms with E-state index in [1.54, 1.807) is 0 Å². The molecule has 62 heavy (non-hydrogen) atoms. The van der Waals surface area contributed by atoms with Crippen LogP contribution in [0.25, 0.3) is 93.6 Å². The van der Waals surface area contributed by atoms with E-state index >= 15 is 0 Å². The third-order valence-corrected chi connectivity index (χ3v) is 12.0.